The van der Waals surface area contributed by atoms with Crippen LogP contribution in [-0.4, -0.2) is 13.0 Å². The fourth-order valence-corrected chi connectivity index (χ4v) is 3.70. The molecular weight excluding hydrogens is 468 g/mol. The molecule has 0 saturated carbocycles. The maximum Gasteiger partial charge on any atom is 0.226 e. The summed E-state index contributed by atoms with van der Waals surface area (Å²) in [6.45, 7) is 6.90. The van der Waals surface area contributed by atoms with Gasteiger partial charge in [-0.15, -0.1) is 0 Å². The summed E-state index contributed by atoms with van der Waals surface area (Å²) in [7, 11) is 1.64. The van der Waals surface area contributed by atoms with E-state index >= 15 is 0 Å². The number of amides is 1. The van der Waals surface area contributed by atoms with Crippen molar-refractivity contribution in [3.05, 3.63) is 81.8 Å². The first-order valence-electron chi connectivity index (χ1n) is 10.6. The molecule has 0 fully saturated rings. The lowest BCUT2D eigenvalue weighted by atomic mass is 10.1. The van der Waals surface area contributed by atoms with Crippen LogP contribution in [0.3, 0.4) is 0 Å². The number of anilines is 2. The van der Waals surface area contributed by atoms with E-state index in [2.05, 4.69) is 45.6 Å². The Kier molecular flexibility index (Phi) is 8.17. The number of carbonyl (C=O) groups excluding carboxylic acids is 1. The second kappa shape index (κ2) is 11.0. The van der Waals surface area contributed by atoms with Crippen LogP contribution < -0.4 is 20.1 Å². The van der Waals surface area contributed by atoms with Crippen molar-refractivity contribution in [3.63, 3.8) is 0 Å². The van der Waals surface area contributed by atoms with E-state index in [1.807, 2.05) is 62.4 Å². The largest absolute Gasteiger partial charge is 0.493 e. The van der Waals surface area contributed by atoms with Crippen LogP contribution in [-0.2, 0) is 17.9 Å². The van der Waals surface area contributed by atoms with Gasteiger partial charge < -0.3 is 20.1 Å². The van der Waals surface area contributed by atoms with Crippen LogP contribution in [0, 0.1) is 12.8 Å². The molecule has 0 heterocycles. The minimum atomic E-state index is -0.0510. The van der Waals surface area contributed by atoms with Crippen molar-refractivity contribution in [1.82, 2.24) is 0 Å². The second-order valence-corrected chi connectivity index (χ2v) is 8.75. The predicted molar refractivity (Wildman–Crippen MR) is 133 cm³/mol. The summed E-state index contributed by atoms with van der Waals surface area (Å²) in [4.78, 5) is 11.8. The maximum absolute atomic E-state index is 11.8. The maximum atomic E-state index is 11.8. The van der Waals surface area contributed by atoms with Crippen LogP contribution in [0.4, 0.5) is 11.4 Å². The van der Waals surface area contributed by atoms with Crippen LogP contribution in [0.15, 0.2) is 65.1 Å². The molecule has 0 aliphatic carbocycles. The standard InChI is InChI=1S/C26H29BrN2O3/c1-17(2)26(30)29-22-11-9-21(10-12-22)28-15-19-13-23(27)25(24(14-19)31-4)32-16-20-8-6-5-7-18(20)3/h5-14,17,28H,15-16H2,1-4H3,(H,29,30). The van der Waals surface area contributed by atoms with Crippen molar-refractivity contribution < 1.29 is 14.3 Å². The molecule has 0 spiro atoms. The zero-order valence-electron chi connectivity index (χ0n) is 18.9. The van der Waals surface area contributed by atoms with E-state index in [4.69, 9.17) is 9.47 Å². The summed E-state index contributed by atoms with van der Waals surface area (Å²) in [6.07, 6.45) is 0. The van der Waals surface area contributed by atoms with E-state index in [0.29, 0.717) is 24.7 Å². The van der Waals surface area contributed by atoms with Gasteiger partial charge in [0.2, 0.25) is 5.91 Å². The number of methoxy groups -OCH3 is 1. The van der Waals surface area contributed by atoms with Crippen molar-refractivity contribution in [2.45, 2.75) is 33.9 Å². The van der Waals surface area contributed by atoms with Crippen LogP contribution in [0.1, 0.15) is 30.5 Å². The average molecular weight is 497 g/mol. The Morgan fingerprint density at radius 3 is 2.38 bits per heavy atom. The molecule has 0 radical (unpaired) electrons. The third kappa shape index (κ3) is 6.26. The van der Waals surface area contributed by atoms with Gasteiger partial charge in [-0.1, -0.05) is 38.1 Å². The van der Waals surface area contributed by atoms with Gasteiger partial charge in [-0.25, -0.2) is 0 Å². The minimum absolute atomic E-state index is 0.00684. The van der Waals surface area contributed by atoms with Gasteiger partial charge in [-0.2, -0.15) is 0 Å². The van der Waals surface area contributed by atoms with Gasteiger partial charge in [-0.05, 0) is 75.9 Å². The highest BCUT2D eigenvalue weighted by Gasteiger charge is 2.13. The van der Waals surface area contributed by atoms with Crippen LogP contribution in [0.5, 0.6) is 11.5 Å². The Morgan fingerprint density at radius 2 is 1.72 bits per heavy atom. The molecule has 168 valence electrons. The minimum Gasteiger partial charge on any atom is -0.493 e. The van der Waals surface area contributed by atoms with E-state index in [1.165, 1.54) is 5.56 Å². The summed E-state index contributed by atoms with van der Waals surface area (Å²) in [5.74, 6) is 1.32. The molecule has 0 bridgehead atoms. The molecule has 0 unspecified atom stereocenters. The number of halogens is 1. The van der Waals surface area contributed by atoms with Crippen molar-refractivity contribution in [2.24, 2.45) is 5.92 Å². The molecular formula is C26H29BrN2O3. The van der Waals surface area contributed by atoms with Crippen LogP contribution >= 0.6 is 15.9 Å². The number of rotatable bonds is 9. The lowest BCUT2D eigenvalue weighted by Gasteiger charge is -2.16. The summed E-state index contributed by atoms with van der Waals surface area (Å²) in [5, 5.41) is 6.29. The Hall–Kier alpha value is -2.99. The zero-order valence-corrected chi connectivity index (χ0v) is 20.5. The molecule has 0 atom stereocenters. The number of nitrogens with one attached hydrogen (secondary N) is 2. The molecule has 0 aliphatic heterocycles. The summed E-state index contributed by atoms with van der Waals surface area (Å²) < 4.78 is 12.5. The van der Waals surface area contributed by atoms with Gasteiger partial charge in [0.05, 0.1) is 11.6 Å². The molecule has 6 heteroatoms. The highest BCUT2D eigenvalue weighted by atomic mass is 79.9. The van der Waals surface area contributed by atoms with E-state index < -0.39 is 0 Å². The fourth-order valence-electron chi connectivity index (χ4n) is 3.10. The lowest BCUT2D eigenvalue weighted by molar-refractivity contribution is -0.118. The number of hydrogen-bond donors (Lipinski definition) is 2. The molecule has 3 rings (SSSR count). The average Bonchev–Trinajstić information content (AvgIpc) is 2.78. The van der Waals surface area contributed by atoms with Crippen molar-refractivity contribution >= 4 is 33.2 Å². The molecule has 2 N–H and O–H groups in total. The third-order valence-electron chi connectivity index (χ3n) is 5.10. The summed E-state index contributed by atoms with van der Waals surface area (Å²) in [5.41, 5.74) is 5.13. The molecule has 5 nitrogen and oxygen atoms in total. The molecule has 32 heavy (non-hydrogen) atoms. The first kappa shape index (κ1) is 23.7. The number of ether oxygens (including phenoxy) is 2. The number of aryl methyl sites for hydroxylation is 1. The van der Waals surface area contributed by atoms with Crippen molar-refractivity contribution in [2.75, 3.05) is 17.7 Å². The van der Waals surface area contributed by atoms with Crippen LogP contribution in [0.25, 0.3) is 0 Å². The van der Waals surface area contributed by atoms with Gasteiger partial charge in [-0.3, -0.25) is 4.79 Å². The lowest BCUT2D eigenvalue weighted by Crippen LogP contribution is -2.17. The van der Waals surface area contributed by atoms with Gasteiger partial charge in [0.25, 0.3) is 0 Å². The fraction of sp³-hybridized carbons (Fsp3) is 0.269. The normalized spacial score (nSPS) is 10.7. The molecule has 0 aliphatic rings. The molecule has 0 aromatic heterocycles. The monoisotopic (exact) mass is 496 g/mol. The first-order chi connectivity index (χ1) is 15.4. The molecule has 3 aromatic rings. The second-order valence-electron chi connectivity index (χ2n) is 7.90. The number of hydrogen-bond acceptors (Lipinski definition) is 4. The van der Waals surface area contributed by atoms with Gasteiger partial charge >= 0.3 is 0 Å². The topological polar surface area (TPSA) is 59.6 Å². The number of benzene rings is 3. The Morgan fingerprint density at radius 1 is 1.03 bits per heavy atom. The number of carbonyl (C=O) groups is 1. The van der Waals surface area contributed by atoms with E-state index in [1.54, 1.807) is 7.11 Å². The van der Waals surface area contributed by atoms with Crippen molar-refractivity contribution in [3.8, 4) is 11.5 Å². The highest BCUT2D eigenvalue weighted by molar-refractivity contribution is 9.10. The van der Waals surface area contributed by atoms with E-state index in [0.717, 1.165) is 27.0 Å². The molecule has 1 amide bonds. The molecule has 0 saturated heterocycles. The smallest absolute Gasteiger partial charge is 0.226 e. The highest BCUT2D eigenvalue weighted by Crippen LogP contribution is 2.37. The third-order valence-corrected chi connectivity index (χ3v) is 5.68. The van der Waals surface area contributed by atoms with Gasteiger partial charge in [0.1, 0.15) is 6.61 Å². The molecule has 3 aromatic carbocycles. The van der Waals surface area contributed by atoms with E-state index in [9.17, 15) is 4.79 Å². The van der Waals surface area contributed by atoms with Crippen molar-refractivity contribution in [1.29, 1.82) is 0 Å². The Labute approximate surface area is 198 Å². The van der Waals surface area contributed by atoms with Gasteiger partial charge in [0.15, 0.2) is 11.5 Å². The zero-order chi connectivity index (χ0) is 23.1. The first-order valence-corrected chi connectivity index (χ1v) is 11.3. The van der Waals surface area contributed by atoms with Crippen LogP contribution in [0.2, 0.25) is 0 Å². The summed E-state index contributed by atoms with van der Waals surface area (Å²) in [6, 6.07) is 19.8. The van der Waals surface area contributed by atoms with E-state index in [-0.39, 0.29) is 11.8 Å². The Balaban J connectivity index is 1.64. The van der Waals surface area contributed by atoms with Gasteiger partial charge in [0, 0.05) is 23.8 Å². The Bertz CT molecular complexity index is 1070. The predicted octanol–water partition coefficient (Wildman–Crippen LogP) is 6.55. The quantitative estimate of drug-likeness (QED) is 0.352. The summed E-state index contributed by atoms with van der Waals surface area (Å²) >= 11 is 3.63. The SMILES string of the molecule is COc1cc(CNc2ccc(NC(=O)C(C)C)cc2)cc(Br)c1OCc1ccccc1C.